The fraction of sp³-hybridized carbons (Fsp3) is 1.00. The zero-order valence-electron chi connectivity index (χ0n) is 12.2. The molecule has 18 heavy (non-hydrogen) atoms. The Balaban J connectivity index is 1.72. The van der Waals surface area contributed by atoms with Gasteiger partial charge >= 0.3 is 0 Å². The van der Waals surface area contributed by atoms with Crippen LogP contribution in [0.3, 0.4) is 0 Å². The van der Waals surface area contributed by atoms with Crippen molar-refractivity contribution in [3.63, 3.8) is 0 Å². The van der Waals surface area contributed by atoms with Crippen LogP contribution in [0.25, 0.3) is 0 Å². The van der Waals surface area contributed by atoms with Gasteiger partial charge in [-0.05, 0) is 53.4 Å². The molecule has 106 valence electrons. The first-order valence-electron chi connectivity index (χ1n) is 7.38. The number of piperidine rings is 1. The summed E-state index contributed by atoms with van der Waals surface area (Å²) in [5, 5.41) is 3.21. The molecular weight excluding hydrogens is 226 g/mol. The zero-order chi connectivity index (χ0) is 13.0. The highest BCUT2D eigenvalue weighted by Crippen LogP contribution is 2.21. The van der Waals surface area contributed by atoms with Crippen molar-refractivity contribution in [2.24, 2.45) is 0 Å². The minimum absolute atomic E-state index is 0.433. The van der Waals surface area contributed by atoms with E-state index < -0.39 is 0 Å². The van der Waals surface area contributed by atoms with Crippen LogP contribution >= 0.6 is 0 Å². The van der Waals surface area contributed by atoms with Crippen LogP contribution in [0.2, 0.25) is 0 Å². The van der Waals surface area contributed by atoms with Gasteiger partial charge in [-0.25, -0.2) is 0 Å². The number of ether oxygens (including phenoxy) is 1. The van der Waals surface area contributed by atoms with Crippen LogP contribution in [0.4, 0.5) is 0 Å². The monoisotopic (exact) mass is 255 g/mol. The second-order valence-corrected chi connectivity index (χ2v) is 6.01. The summed E-state index contributed by atoms with van der Waals surface area (Å²) in [5.41, 5.74) is 0. The molecule has 2 aliphatic rings. The van der Waals surface area contributed by atoms with Gasteiger partial charge in [-0.1, -0.05) is 0 Å². The molecule has 2 saturated heterocycles. The average Bonchev–Trinajstić information content (AvgIpc) is 2.77. The maximum absolute atomic E-state index is 6.07. The van der Waals surface area contributed by atoms with E-state index in [4.69, 9.17) is 4.74 Å². The third-order valence-corrected chi connectivity index (χ3v) is 4.34. The number of hydrogen-bond donors (Lipinski definition) is 1. The molecule has 0 amide bonds. The van der Waals surface area contributed by atoms with Crippen LogP contribution in [-0.2, 0) is 4.74 Å². The summed E-state index contributed by atoms with van der Waals surface area (Å²) in [5.74, 6) is 0. The number of likely N-dealkylation sites (tertiary alicyclic amines) is 1. The Kier molecular flexibility index (Phi) is 5.42. The first-order chi connectivity index (χ1) is 8.69. The fourth-order valence-corrected chi connectivity index (χ4v) is 3.26. The third-order valence-electron chi connectivity index (χ3n) is 4.34. The molecule has 0 aliphatic carbocycles. The maximum Gasteiger partial charge on any atom is 0.0707 e. The summed E-state index contributed by atoms with van der Waals surface area (Å²) < 4.78 is 6.07. The van der Waals surface area contributed by atoms with Gasteiger partial charge in [0.2, 0.25) is 0 Å². The lowest BCUT2D eigenvalue weighted by Crippen LogP contribution is -2.47. The van der Waals surface area contributed by atoms with Crippen LogP contribution in [0.15, 0.2) is 0 Å². The van der Waals surface area contributed by atoms with E-state index >= 15 is 0 Å². The van der Waals surface area contributed by atoms with Crippen molar-refractivity contribution in [3.05, 3.63) is 0 Å². The van der Waals surface area contributed by atoms with Gasteiger partial charge in [0.15, 0.2) is 0 Å². The van der Waals surface area contributed by atoms with Gasteiger partial charge in [0.05, 0.1) is 12.2 Å². The lowest BCUT2D eigenvalue weighted by atomic mass is 10.0. The number of hydrogen-bond acceptors (Lipinski definition) is 4. The quantitative estimate of drug-likeness (QED) is 0.786. The fourth-order valence-electron chi connectivity index (χ4n) is 3.26. The van der Waals surface area contributed by atoms with E-state index in [1.165, 1.54) is 38.8 Å². The molecule has 2 aliphatic heterocycles. The Hall–Kier alpha value is -0.160. The van der Waals surface area contributed by atoms with Gasteiger partial charge < -0.3 is 15.0 Å². The summed E-state index contributed by atoms with van der Waals surface area (Å²) >= 11 is 0. The number of likely N-dealkylation sites (N-methyl/N-ethyl adjacent to an activating group) is 3. The number of nitrogens with one attached hydrogen (secondary N) is 1. The minimum atomic E-state index is 0.433. The van der Waals surface area contributed by atoms with Gasteiger partial charge in [0.1, 0.15) is 0 Å². The standard InChI is InChI=1S/C14H29N3O/c1-15-9-13-6-7-14(18-13)11-17(3)12-5-4-8-16(2)10-12/h12-15H,4-11H2,1-3H3. The molecule has 1 N–H and O–H groups in total. The zero-order valence-corrected chi connectivity index (χ0v) is 12.2. The first kappa shape index (κ1) is 14.3. The van der Waals surface area contributed by atoms with Crippen LogP contribution < -0.4 is 5.32 Å². The molecule has 0 spiro atoms. The minimum Gasteiger partial charge on any atom is -0.372 e. The second-order valence-electron chi connectivity index (χ2n) is 6.01. The summed E-state index contributed by atoms with van der Waals surface area (Å²) in [6.07, 6.45) is 5.99. The molecule has 0 aromatic rings. The summed E-state index contributed by atoms with van der Waals surface area (Å²) in [4.78, 5) is 4.96. The third kappa shape index (κ3) is 3.92. The molecule has 0 bridgehead atoms. The summed E-state index contributed by atoms with van der Waals surface area (Å²) in [6, 6.07) is 0.718. The van der Waals surface area contributed by atoms with Crippen LogP contribution in [0.5, 0.6) is 0 Å². The van der Waals surface area contributed by atoms with Gasteiger partial charge in [-0.3, -0.25) is 4.90 Å². The van der Waals surface area contributed by atoms with E-state index in [-0.39, 0.29) is 0 Å². The predicted octanol–water partition coefficient (Wildman–Crippen LogP) is 0.779. The average molecular weight is 255 g/mol. The second kappa shape index (κ2) is 6.85. The molecule has 0 radical (unpaired) electrons. The molecule has 0 aromatic heterocycles. The van der Waals surface area contributed by atoms with E-state index in [1.807, 2.05) is 7.05 Å². The highest BCUT2D eigenvalue weighted by Gasteiger charge is 2.28. The van der Waals surface area contributed by atoms with Crippen molar-refractivity contribution in [1.82, 2.24) is 15.1 Å². The highest BCUT2D eigenvalue weighted by atomic mass is 16.5. The van der Waals surface area contributed by atoms with Crippen molar-refractivity contribution < 1.29 is 4.74 Å². The smallest absolute Gasteiger partial charge is 0.0707 e. The van der Waals surface area contributed by atoms with Gasteiger partial charge in [-0.2, -0.15) is 0 Å². The molecule has 3 unspecified atom stereocenters. The molecule has 0 saturated carbocycles. The normalized spacial score (nSPS) is 34.3. The van der Waals surface area contributed by atoms with Crippen molar-refractivity contribution in [3.8, 4) is 0 Å². The van der Waals surface area contributed by atoms with Crippen molar-refractivity contribution >= 4 is 0 Å². The molecule has 3 atom stereocenters. The molecule has 2 heterocycles. The van der Waals surface area contributed by atoms with Gasteiger partial charge in [-0.15, -0.1) is 0 Å². The largest absolute Gasteiger partial charge is 0.372 e. The van der Waals surface area contributed by atoms with Crippen LogP contribution in [0.1, 0.15) is 25.7 Å². The summed E-state index contributed by atoms with van der Waals surface area (Å²) in [6.45, 7) is 4.56. The lowest BCUT2D eigenvalue weighted by molar-refractivity contribution is 0.0139. The van der Waals surface area contributed by atoms with Gasteiger partial charge in [0.25, 0.3) is 0 Å². The van der Waals surface area contributed by atoms with Crippen molar-refractivity contribution in [1.29, 1.82) is 0 Å². The Morgan fingerprint density at radius 3 is 2.78 bits per heavy atom. The molecule has 4 nitrogen and oxygen atoms in total. The van der Waals surface area contributed by atoms with E-state index in [9.17, 15) is 0 Å². The predicted molar refractivity (Wildman–Crippen MR) is 75.0 cm³/mol. The molecule has 2 rings (SSSR count). The first-order valence-corrected chi connectivity index (χ1v) is 7.38. The van der Waals surface area contributed by atoms with E-state index in [0.29, 0.717) is 12.2 Å². The molecule has 4 heteroatoms. The lowest BCUT2D eigenvalue weighted by Gasteiger charge is -2.36. The summed E-state index contributed by atoms with van der Waals surface area (Å²) in [7, 11) is 6.49. The number of nitrogens with zero attached hydrogens (tertiary/aromatic N) is 2. The van der Waals surface area contributed by atoms with E-state index in [2.05, 4.69) is 29.2 Å². The van der Waals surface area contributed by atoms with Gasteiger partial charge in [0, 0.05) is 25.7 Å². The van der Waals surface area contributed by atoms with Crippen LogP contribution in [-0.4, -0.2) is 75.4 Å². The molecule has 2 fully saturated rings. The number of rotatable bonds is 5. The van der Waals surface area contributed by atoms with Crippen molar-refractivity contribution in [2.45, 2.75) is 43.9 Å². The molecule has 0 aromatic carbocycles. The van der Waals surface area contributed by atoms with E-state index in [0.717, 1.165) is 19.1 Å². The van der Waals surface area contributed by atoms with Crippen LogP contribution in [0, 0.1) is 0 Å². The Labute approximate surface area is 112 Å². The Morgan fingerprint density at radius 1 is 1.28 bits per heavy atom. The Bertz CT molecular complexity index is 249. The highest BCUT2D eigenvalue weighted by molar-refractivity contribution is 4.82. The SMILES string of the molecule is CNCC1CCC(CN(C)C2CCCN(C)C2)O1. The Morgan fingerprint density at radius 2 is 2.06 bits per heavy atom. The van der Waals surface area contributed by atoms with Crippen molar-refractivity contribution in [2.75, 3.05) is 47.3 Å². The van der Waals surface area contributed by atoms with E-state index in [1.54, 1.807) is 0 Å². The molecular formula is C14H29N3O. The maximum atomic E-state index is 6.07. The topological polar surface area (TPSA) is 27.7 Å².